The number of rotatable bonds is 2. The van der Waals surface area contributed by atoms with Gasteiger partial charge in [0.15, 0.2) is 0 Å². The van der Waals surface area contributed by atoms with Crippen molar-refractivity contribution in [3.05, 3.63) is 47.5 Å². The second-order valence-corrected chi connectivity index (χ2v) is 9.66. The topological polar surface area (TPSA) is 29.5 Å². The van der Waals surface area contributed by atoms with Crippen LogP contribution in [0, 0.1) is 23.2 Å². The van der Waals surface area contributed by atoms with E-state index in [4.69, 9.17) is 4.74 Å². The van der Waals surface area contributed by atoms with Crippen LogP contribution in [0.3, 0.4) is 0 Å². The van der Waals surface area contributed by atoms with Gasteiger partial charge in [0.1, 0.15) is 6.10 Å². The van der Waals surface area contributed by atoms with Crippen LogP contribution in [0.4, 0.5) is 0 Å². The van der Waals surface area contributed by atoms with Gasteiger partial charge in [-0.1, -0.05) is 43.3 Å². The Morgan fingerprint density at radius 3 is 2.93 bits per heavy atom. The molecular weight excluding hydrogens is 334 g/mol. The average molecular weight is 366 g/mol. The minimum atomic E-state index is 0.0412. The number of carbonyl (C=O) groups is 1. The zero-order chi connectivity index (χ0) is 18.6. The van der Waals surface area contributed by atoms with Crippen molar-refractivity contribution in [2.24, 2.45) is 23.2 Å². The van der Waals surface area contributed by atoms with Crippen LogP contribution in [-0.2, 0) is 22.5 Å². The summed E-state index contributed by atoms with van der Waals surface area (Å²) in [6.07, 6.45) is 7.02. The molecule has 3 heteroatoms. The lowest BCUT2D eigenvalue weighted by atomic mass is 9.55. The summed E-state index contributed by atoms with van der Waals surface area (Å²) >= 11 is 0. The van der Waals surface area contributed by atoms with Gasteiger partial charge in [-0.3, -0.25) is 9.69 Å². The zero-order valence-corrected chi connectivity index (χ0v) is 16.5. The smallest absolute Gasteiger partial charge is 0.310 e. The maximum Gasteiger partial charge on any atom is 0.310 e. The summed E-state index contributed by atoms with van der Waals surface area (Å²) in [4.78, 5) is 15.3. The minimum Gasteiger partial charge on any atom is -0.462 e. The van der Waals surface area contributed by atoms with Crippen LogP contribution >= 0.6 is 0 Å². The van der Waals surface area contributed by atoms with Gasteiger partial charge < -0.3 is 4.74 Å². The molecule has 0 N–H and O–H groups in total. The molecule has 0 bridgehead atoms. The molecule has 0 amide bonds. The number of allylic oxidation sites excluding steroid dienone is 1. The van der Waals surface area contributed by atoms with Crippen LogP contribution in [0.1, 0.15) is 50.2 Å². The van der Waals surface area contributed by atoms with Crippen LogP contribution in [0.5, 0.6) is 0 Å². The maximum absolute atomic E-state index is 12.8. The Morgan fingerprint density at radius 1 is 1.26 bits per heavy atom. The first-order valence-electron chi connectivity index (χ1n) is 10.7. The first-order chi connectivity index (χ1) is 13.0. The van der Waals surface area contributed by atoms with Crippen LogP contribution in [0.15, 0.2) is 36.4 Å². The summed E-state index contributed by atoms with van der Waals surface area (Å²) in [5.74, 6) is 1.05. The summed E-state index contributed by atoms with van der Waals surface area (Å²) < 4.78 is 5.94. The van der Waals surface area contributed by atoms with Crippen molar-refractivity contribution in [3.8, 4) is 0 Å². The normalized spacial score (nSPS) is 38.7. The van der Waals surface area contributed by atoms with E-state index in [1.807, 2.05) is 0 Å². The molecule has 2 aliphatic carbocycles. The summed E-state index contributed by atoms with van der Waals surface area (Å²) in [7, 11) is 0. The van der Waals surface area contributed by atoms with E-state index in [1.165, 1.54) is 36.0 Å². The molecule has 1 aromatic rings. The Morgan fingerprint density at radius 2 is 2.07 bits per heavy atom. The third-order valence-corrected chi connectivity index (χ3v) is 7.98. The number of hydrogen-bond acceptors (Lipinski definition) is 3. The van der Waals surface area contributed by atoms with Crippen LogP contribution in [-0.4, -0.2) is 30.1 Å². The summed E-state index contributed by atoms with van der Waals surface area (Å²) in [6.45, 7) is 9.67. The molecule has 5 atom stereocenters. The minimum absolute atomic E-state index is 0.0412. The van der Waals surface area contributed by atoms with Crippen LogP contribution in [0.25, 0.3) is 0 Å². The van der Waals surface area contributed by atoms with Gasteiger partial charge >= 0.3 is 5.97 Å². The molecule has 0 aromatic heterocycles. The van der Waals surface area contributed by atoms with Crippen molar-refractivity contribution in [3.63, 3.8) is 0 Å². The van der Waals surface area contributed by atoms with Crippen molar-refractivity contribution in [1.82, 2.24) is 4.90 Å². The quantitative estimate of drug-likeness (QED) is 0.576. The van der Waals surface area contributed by atoms with Gasteiger partial charge in [0, 0.05) is 25.6 Å². The van der Waals surface area contributed by atoms with Crippen LogP contribution < -0.4 is 0 Å². The summed E-state index contributed by atoms with van der Waals surface area (Å²) in [5, 5.41) is 0. The Labute approximate surface area is 162 Å². The molecular formula is C24H31NO2. The Balaban J connectivity index is 1.32. The lowest BCUT2D eigenvalue weighted by molar-refractivity contribution is -0.146. The van der Waals surface area contributed by atoms with E-state index in [-0.39, 0.29) is 23.4 Å². The second kappa shape index (κ2) is 6.48. The van der Waals surface area contributed by atoms with E-state index in [0.29, 0.717) is 11.8 Å². The molecule has 2 aliphatic heterocycles. The van der Waals surface area contributed by atoms with Gasteiger partial charge in [0.25, 0.3) is 0 Å². The highest BCUT2D eigenvalue weighted by atomic mass is 16.6. The highest BCUT2D eigenvalue weighted by molar-refractivity contribution is 5.75. The fourth-order valence-corrected chi connectivity index (χ4v) is 6.45. The first kappa shape index (κ1) is 17.5. The van der Waals surface area contributed by atoms with E-state index < -0.39 is 0 Å². The number of hydrogen-bond donors (Lipinski definition) is 0. The lowest BCUT2D eigenvalue weighted by Gasteiger charge is -2.50. The number of ether oxygens (including phenoxy) is 1. The summed E-state index contributed by atoms with van der Waals surface area (Å²) in [5.41, 5.74) is 4.60. The van der Waals surface area contributed by atoms with E-state index in [2.05, 4.69) is 42.7 Å². The van der Waals surface area contributed by atoms with Crippen molar-refractivity contribution in [2.45, 2.75) is 58.1 Å². The molecule has 1 saturated heterocycles. The van der Waals surface area contributed by atoms with E-state index >= 15 is 0 Å². The molecule has 3 fully saturated rings. The van der Waals surface area contributed by atoms with E-state index in [0.717, 1.165) is 38.9 Å². The molecule has 1 aromatic carbocycles. The molecule has 144 valence electrons. The van der Waals surface area contributed by atoms with E-state index in [9.17, 15) is 4.79 Å². The Hall–Kier alpha value is -1.61. The number of benzene rings is 1. The molecule has 5 rings (SSSR count). The van der Waals surface area contributed by atoms with Gasteiger partial charge in [-0.05, 0) is 61.0 Å². The average Bonchev–Trinajstić information content (AvgIpc) is 2.94. The van der Waals surface area contributed by atoms with E-state index in [1.54, 1.807) is 0 Å². The van der Waals surface area contributed by atoms with Crippen molar-refractivity contribution in [1.29, 1.82) is 0 Å². The van der Waals surface area contributed by atoms with Crippen LogP contribution in [0.2, 0.25) is 0 Å². The van der Waals surface area contributed by atoms with Crippen molar-refractivity contribution < 1.29 is 9.53 Å². The molecule has 2 heterocycles. The highest BCUT2D eigenvalue weighted by Crippen LogP contribution is 2.57. The third kappa shape index (κ3) is 2.95. The molecule has 0 unspecified atom stereocenters. The molecule has 2 saturated carbocycles. The lowest BCUT2D eigenvalue weighted by Crippen LogP contribution is -2.46. The SMILES string of the molecule is C=C1CCC[C@]2(C)C[C@H]3OC(=O)[C@@H](CN4CCc5ccccc5C4)[C@@H]3C[C@H]12. The van der Waals surface area contributed by atoms with Crippen molar-refractivity contribution >= 4 is 5.97 Å². The molecule has 0 spiro atoms. The molecule has 0 radical (unpaired) electrons. The Bertz CT molecular complexity index is 771. The fourth-order valence-electron chi connectivity index (χ4n) is 6.45. The molecule has 3 nitrogen and oxygen atoms in total. The number of nitrogens with zero attached hydrogens (tertiary/aromatic N) is 1. The van der Waals surface area contributed by atoms with Crippen molar-refractivity contribution in [2.75, 3.05) is 13.1 Å². The standard InChI is InChI=1S/C24H31NO2/c1-16-6-5-10-24(2)13-22-19(12-21(16)24)20(23(26)27-22)15-25-11-9-17-7-3-4-8-18(17)14-25/h3-4,7-8,19-22H,1,5-6,9-15H2,2H3/t19-,20-,21+,22+,24+/m0/s1. The number of fused-ring (bicyclic) bond motifs is 3. The molecule has 27 heavy (non-hydrogen) atoms. The largest absolute Gasteiger partial charge is 0.462 e. The first-order valence-corrected chi connectivity index (χ1v) is 10.7. The van der Waals surface area contributed by atoms with Gasteiger partial charge in [-0.2, -0.15) is 0 Å². The predicted octanol–water partition coefficient (Wildman–Crippen LogP) is 4.36. The highest BCUT2D eigenvalue weighted by Gasteiger charge is 2.55. The maximum atomic E-state index is 12.8. The summed E-state index contributed by atoms with van der Waals surface area (Å²) in [6, 6.07) is 8.72. The monoisotopic (exact) mass is 365 g/mol. The van der Waals surface area contributed by atoms with Gasteiger partial charge in [-0.15, -0.1) is 0 Å². The third-order valence-electron chi connectivity index (χ3n) is 7.98. The number of carbonyl (C=O) groups excluding carboxylic acids is 1. The zero-order valence-electron chi connectivity index (χ0n) is 16.5. The predicted molar refractivity (Wildman–Crippen MR) is 106 cm³/mol. The fraction of sp³-hybridized carbons (Fsp3) is 0.625. The second-order valence-electron chi connectivity index (χ2n) is 9.66. The van der Waals surface area contributed by atoms with Gasteiger partial charge in [-0.25, -0.2) is 0 Å². The van der Waals surface area contributed by atoms with Gasteiger partial charge in [0.05, 0.1) is 5.92 Å². The number of esters is 1. The van der Waals surface area contributed by atoms with Gasteiger partial charge in [0.2, 0.25) is 0 Å². The Kier molecular flexibility index (Phi) is 4.19. The molecule has 4 aliphatic rings.